The Morgan fingerprint density at radius 2 is 2.15 bits per heavy atom. The first-order valence-electron chi connectivity index (χ1n) is 7.42. The van der Waals surface area contributed by atoms with Gasteiger partial charge in [0.25, 0.3) is 0 Å². The minimum atomic E-state index is -0.137. The quantitative estimate of drug-likeness (QED) is 0.886. The maximum absolute atomic E-state index is 9.76. The second-order valence-electron chi connectivity index (χ2n) is 6.29. The molecule has 0 bridgehead atoms. The fourth-order valence-electron chi connectivity index (χ4n) is 3.04. The fourth-order valence-corrected chi connectivity index (χ4v) is 3.04. The van der Waals surface area contributed by atoms with Crippen molar-refractivity contribution < 1.29 is 5.11 Å². The Morgan fingerprint density at radius 3 is 2.65 bits per heavy atom. The summed E-state index contributed by atoms with van der Waals surface area (Å²) in [6.07, 6.45) is 4.40. The Balaban J connectivity index is 2.06. The van der Waals surface area contributed by atoms with Crippen molar-refractivity contribution in [1.82, 2.24) is 9.88 Å². The van der Waals surface area contributed by atoms with Crippen LogP contribution in [0.25, 0.3) is 0 Å². The molecule has 1 aliphatic rings. The highest BCUT2D eigenvalue weighted by atomic mass is 16.3. The van der Waals surface area contributed by atoms with Crippen LogP contribution in [0, 0.1) is 24.2 Å². The van der Waals surface area contributed by atoms with Gasteiger partial charge in [0.15, 0.2) is 0 Å². The van der Waals surface area contributed by atoms with Crippen molar-refractivity contribution in [1.29, 1.82) is 5.26 Å². The number of nitrogens with zero attached hydrogens (tertiary/aromatic N) is 2. The number of aliphatic hydroxyl groups is 1. The predicted molar refractivity (Wildman–Crippen MR) is 79.2 cm³/mol. The number of nitrogens with one attached hydrogen (secondary N) is 1. The van der Waals surface area contributed by atoms with Crippen molar-refractivity contribution in [3.63, 3.8) is 0 Å². The van der Waals surface area contributed by atoms with E-state index < -0.39 is 0 Å². The monoisotopic (exact) mass is 275 g/mol. The molecule has 0 atom stereocenters. The average molecular weight is 275 g/mol. The largest absolute Gasteiger partial charge is 0.394 e. The highest BCUT2D eigenvalue weighted by Crippen LogP contribution is 2.32. The zero-order valence-corrected chi connectivity index (χ0v) is 12.7. The molecule has 0 saturated heterocycles. The molecule has 0 unspecified atom stereocenters. The molecule has 1 aromatic rings. The summed E-state index contributed by atoms with van der Waals surface area (Å²) in [5.41, 5.74) is 2.82. The topological polar surface area (TPSA) is 61.0 Å². The van der Waals surface area contributed by atoms with Gasteiger partial charge in [0.2, 0.25) is 0 Å². The molecule has 20 heavy (non-hydrogen) atoms. The van der Waals surface area contributed by atoms with E-state index in [-0.39, 0.29) is 12.1 Å². The van der Waals surface area contributed by atoms with Crippen molar-refractivity contribution in [2.75, 3.05) is 6.61 Å². The van der Waals surface area contributed by atoms with Crippen LogP contribution in [0.2, 0.25) is 0 Å². The van der Waals surface area contributed by atoms with Crippen LogP contribution >= 0.6 is 0 Å². The summed E-state index contributed by atoms with van der Waals surface area (Å²) in [6.45, 7) is 5.22. The molecular weight excluding hydrogens is 250 g/mol. The standard InChI is InChI=1S/C16H25N3O/c1-12-4-6-16(11-20,7-5-12)18-10-14-8-15(9-17)19(3)13(14)2/h8,12,18,20H,4-7,10-11H2,1-3H3. The Labute approximate surface area is 121 Å². The summed E-state index contributed by atoms with van der Waals surface area (Å²) in [5, 5.41) is 22.4. The second kappa shape index (κ2) is 5.99. The summed E-state index contributed by atoms with van der Waals surface area (Å²) < 4.78 is 1.92. The zero-order valence-electron chi connectivity index (χ0n) is 12.7. The van der Waals surface area contributed by atoms with Gasteiger partial charge in [-0.15, -0.1) is 0 Å². The third kappa shape index (κ3) is 2.89. The van der Waals surface area contributed by atoms with Crippen molar-refractivity contribution >= 4 is 0 Å². The van der Waals surface area contributed by atoms with E-state index in [4.69, 9.17) is 5.26 Å². The highest BCUT2D eigenvalue weighted by Gasteiger charge is 2.33. The molecule has 4 heteroatoms. The Bertz CT molecular complexity index is 505. The lowest BCUT2D eigenvalue weighted by molar-refractivity contribution is 0.104. The van der Waals surface area contributed by atoms with Crippen molar-refractivity contribution in [3.8, 4) is 6.07 Å². The molecule has 0 aromatic carbocycles. The molecule has 4 nitrogen and oxygen atoms in total. The lowest BCUT2D eigenvalue weighted by Crippen LogP contribution is -2.50. The third-order valence-electron chi connectivity index (χ3n) is 4.94. The third-order valence-corrected chi connectivity index (χ3v) is 4.94. The van der Waals surface area contributed by atoms with E-state index in [0.717, 1.165) is 36.6 Å². The van der Waals surface area contributed by atoms with Crippen LogP contribution in [0.15, 0.2) is 6.07 Å². The number of aliphatic hydroxyl groups excluding tert-OH is 1. The molecule has 2 rings (SSSR count). The molecular formula is C16H25N3O. The van der Waals surface area contributed by atoms with Crippen LogP contribution in [0.3, 0.4) is 0 Å². The Hall–Kier alpha value is -1.31. The number of aromatic nitrogens is 1. The summed E-state index contributed by atoms with van der Waals surface area (Å²) in [6, 6.07) is 4.15. The number of nitriles is 1. The maximum atomic E-state index is 9.76. The molecule has 1 fully saturated rings. The summed E-state index contributed by atoms with van der Waals surface area (Å²) in [5.74, 6) is 0.764. The van der Waals surface area contributed by atoms with Gasteiger partial charge in [-0.1, -0.05) is 6.92 Å². The molecule has 1 aliphatic carbocycles. The van der Waals surface area contributed by atoms with Gasteiger partial charge in [0, 0.05) is 24.8 Å². The first kappa shape index (κ1) is 15.1. The van der Waals surface area contributed by atoms with Gasteiger partial charge in [-0.25, -0.2) is 0 Å². The van der Waals surface area contributed by atoms with Crippen LogP contribution in [0.5, 0.6) is 0 Å². The van der Waals surface area contributed by atoms with Gasteiger partial charge >= 0.3 is 0 Å². The molecule has 110 valence electrons. The van der Waals surface area contributed by atoms with Gasteiger partial charge in [-0.2, -0.15) is 5.26 Å². The predicted octanol–water partition coefficient (Wildman–Crippen LogP) is 2.24. The van der Waals surface area contributed by atoms with Crippen molar-refractivity contribution in [2.45, 2.75) is 51.6 Å². The van der Waals surface area contributed by atoms with Crippen molar-refractivity contribution in [2.24, 2.45) is 13.0 Å². The van der Waals surface area contributed by atoms with Gasteiger partial charge in [-0.3, -0.25) is 0 Å². The molecule has 2 N–H and O–H groups in total. The Morgan fingerprint density at radius 1 is 1.50 bits per heavy atom. The number of rotatable bonds is 4. The fraction of sp³-hybridized carbons (Fsp3) is 0.688. The number of hydrogen-bond donors (Lipinski definition) is 2. The maximum Gasteiger partial charge on any atom is 0.120 e. The molecule has 0 aliphatic heterocycles. The second-order valence-corrected chi connectivity index (χ2v) is 6.29. The van der Waals surface area contributed by atoms with Crippen LogP contribution in [0.4, 0.5) is 0 Å². The van der Waals surface area contributed by atoms with E-state index in [2.05, 4.69) is 18.3 Å². The molecule has 0 amide bonds. The van der Waals surface area contributed by atoms with Crippen LogP contribution < -0.4 is 5.32 Å². The molecule has 0 radical (unpaired) electrons. The van der Waals surface area contributed by atoms with Gasteiger partial charge in [0.05, 0.1) is 6.61 Å². The van der Waals surface area contributed by atoms with Crippen LogP contribution in [-0.4, -0.2) is 21.8 Å². The van der Waals surface area contributed by atoms with E-state index in [1.807, 2.05) is 24.6 Å². The lowest BCUT2D eigenvalue weighted by Gasteiger charge is -2.39. The molecule has 1 heterocycles. The molecule has 0 spiro atoms. The lowest BCUT2D eigenvalue weighted by atomic mass is 9.77. The summed E-state index contributed by atoms with van der Waals surface area (Å²) in [7, 11) is 1.92. The average Bonchev–Trinajstić information content (AvgIpc) is 2.75. The van der Waals surface area contributed by atoms with E-state index in [1.165, 1.54) is 12.8 Å². The normalized spacial score (nSPS) is 26.4. The van der Waals surface area contributed by atoms with Gasteiger partial charge < -0.3 is 15.0 Å². The van der Waals surface area contributed by atoms with E-state index in [9.17, 15) is 5.11 Å². The minimum absolute atomic E-state index is 0.137. The smallest absolute Gasteiger partial charge is 0.120 e. The van der Waals surface area contributed by atoms with E-state index >= 15 is 0 Å². The summed E-state index contributed by atoms with van der Waals surface area (Å²) in [4.78, 5) is 0. The van der Waals surface area contributed by atoms with Crippen molar-refractivity contribution in [3.05, 3.63) is 23.0 Å². The zero-order chi connectivity index (χ0) is 14.8. The SMILES string of the molecule is Cc1c(CNC2(CO)CCC(C)CC2)cc(C#N)n1C. The molecule has 1 saturated carbocycles. The van der Waals surface area contributed by atoms with Crippen LogP contribution in [-0.2, 0) is 13.6 Å². The highest BCUT2D eigenvalue weighted by molar-refractivity contribution is 5.34. The van der Waals surface area contributed by atoms with Gasteiger partial charge in [-0.05, 0) is 50.2 Å². The number of hydrogen-bond acceptors (Lipinski definition) is 3. The van der Waals surface area contributed by atoms with Crippen LogP contribution in [0.1, 0.15) is 49.6 Å². The Kier molecular flexibility index (Phi) is 4.52. The first-order chi connectivity index (χ1) is 9.51. The van der Waals surface area contributed by atoms with E-state index in [0.29, 0.717) is 5.69 Å². The molecule has 1 aromatic heterocycles. The first-order valence-corrected chi connectivity index (χ1v) is 7.42. The minimum Gasteiger partial charge on any atom is -0.394 e. The summed E-state index contributed by atoms with van der Waals surface area (Å²) >= 11 is 0. The van der Waals surface area contributed by atoms with E-state index in [1.54, 1.807) is 0 Å². The van der Waals surface area contributed by atoms with Gasteiger partial charge in [0.1, 0.15) is 11.8 Å².